The van der Waals surface area contributed by atoms with Gasteiger partial charge in [0, 0.05) is 16.5 Å². The monoisotopic (exact) mass is 465 g/mol. The molecule has 0 amide bonds. The lowest BCUT2D eigenvalue weighted by Crippen LogP contribution is -2.09. The van der Waals surface area contributed by atoms with E-state index in [2.05, 4.69) is 146 Å². The Balaban J connectivity index is 1.38. The van der Waals surface area contributed by atoms with Crippen molar-refractivity contribution < 1.29 is 0 Å². The van der Waals surface area contributed by atoms with Gasteiger partial charge in [0.05, 0.1) is 11.0 Å². The van der Waals surface area contributed by atoms with E-state index in [-0.39, 0.29) is 0 Å². The van der Waals surface area contributed by atoms with Crippen molar-refractivity contribution in [1.29, 1.82) is 0 Å². The summed E-state index contributed by atoms with van der Waals surface area (Å²) in [5.41, 5.74) is 9.05. The van der Waals surface area contributed by atoms with Gasteiger partial charge in [0.1, 0.15) is 0 Å². The number of aromatic nitrogens is 1. The Morgan fingerprint density at radius 2 is 1.22 bits per heavy atom. The van der Waals surface area contributed by atoms with Gasteiger partial charge in [0.25, 0.3) is 0 Å². The van der Waals surface area contributed by atoms with Crippen molar-refractivity contribution in [2.45, 2.75) is 26.2 Å². The third-order valence-corrected chi connectivity index (χ3v) is 7.71. The van der Waals surface area contributed by atoms with Gasteiger partial charge in [-0.25, -0.2) is 0 Å². The average molecular weight is 466 g/mol. The number of rotatable bonds is 6. The van der Waals surface area contributed by atoms with E-state index in [1.807, 2.05) is 0 Å². The molecule has 36 heavy (non-hydrogen) atoms. The lowest BCUT2D eigenvalue weighted by atomic mass is 9.84. The Morgan fingerprint density at radius 3 is 1.97 bits per heavy atom. The molecule has 5 aromatic carbocycles. The van der Waals surface area contributed by atoms with Crippen molar-refractivity contribution >= 4 is 21.8 Å². The molecule has 0 aliphatic carbocycles. The van der Waals surface area contributed by atoms with Gasteiger partial charge in [-0.1, -0.05) is 117 Å². The summed E-state index contributed by atoms with van der Waals surface area (Å²) in [4.78, 5) is 0. The first-order valence-corrected chi connectivity index (χ1v) is 12.9. The summed E-state index contributed by atoms with van der Waals surface area (Å²) in [6, 6.07) is 46.2. The Hall–Kier alpha value is -4.10. The standard InChI is InChI=1S/C35H31N/c1-25(26(2)28-12-5-3-6-13-28)24-27-20-22-29(23-21-27)31-17-11-19-34-35(31)32-16-9-10-18-33(32)36(34)30-14-7-4-8-15-30/h3-23,25-26H,24H2,1-2H3. The predicted molar refractivity (Wildman–Crippen MR) is 154 cm³/mol. The van der Waals surface area contributed by atoms with Gasteiger partial charge in [-0.3, -0.25) is 0 Å². The van der Waals surface area contributed by atoms with Crippen LogP contribution in [0.3, 0.4) is 0 Å². The number of fused-ring (bicyclic) bond motifs is 3. The molecule has 176 valence electrons. The van der Waals surface area contributed by atoms with Crippen LogP contribution in [0.2, 0.25) is 0 Å². The van der Waals surface area contributed by atoms with Crippen LogP contribution in [0.5, 0.6) is 0 Å². The zero-order valence-corrected chi connectivity index (χ0v) is 20.9. The molecule has 2 atom stereocenters. The maximum absolute atomic E-state index is 2.38. The van der Waals surface area contributed by atoms with Crippen molar-refractivity contribution in [2.75, 3.05) is 0 Å². The van der Waals surface area contributed by atoms with Gasteiger partial charge in [-0.05, 0) is 64.8 Å². The Bertz CT molecular complexity index is 1610. The average Bonchev–Trinajstić information content (AvgIpc) is 3.28. The quantitative estimate of drug-likeness (QED) is 0.231. The Kier molecular flexibility index (Phi) is 5.91. The van der Waals surface area contributed by atoms with Gasteiger partial charge < -0.3 is 4.57 Å². The van der Waals surface area contributed by atoms with E-state index in [0.29, 0.717) is 11.8 Å². The second-order valence-corrected chi connectivity index (χ2v) is 9.97. The largest absolute Gasteiger partial charge is 0.309 e. The van der Waals surface area contributed by atoms with E-state index >= 15 is 0 Å². The molecule has 6 aromatic rings. The summed E-state index contributed by atoms with van der Waals surface area (Å²) < 4.78 is 2.38. The highest BCUT2D eigenvalue weighted by atomic mass is 15.0. The highest BCUT2D eigenvalue weighted by Gasteiger charge is 2.17. The third kappa shape index (κ3) is 4.01. The Morgan fingerprint density at radius 1 is 0.583 bits per heavy atom. The number of hydrogen-bond acceptors (Lipinski definition) is 0. The van der Waals surface area contributed by atoms with Crippen LogP contribution in [0.15, 0.2) is 127 Å². The minimum absolute atomic E-state index is 0.531. The molecular formula is C35H31N. The topological polar surface area (TPSA) is 4.93 Å². The first-order valence-electron chi connectivity index (χ1n) is 12.9. The number of hydrogen-bond donors (Lipinski definition) is 0. The molecule has 2 unspecified atom stereocenters. The van der Waals surface area contributed by atoms with Crippen molar-refractivity contribution in [2.24, 2.45) is 5.92 Å². The molecule has 0 fully saturated rings. The fourth-order valence-corrected chi connectivity index (χ4v) is 5.57. The predicted octanol–water partition coefficient (Wildman–Crippen LogP) is 9.43. The van der Waals surface area contributed by atoms with Crippen LogP contribution in [-0.2, 0) is 6.42 Å². The normalized spacial score (nSPS) is 13.2. The van der Waals surface area contributed by atoms with Crippen molar-refractivity contribution in [1.82, 2.24) is 4.57 Å². The SMILES string of the molecule is CC(Cc1ccc(-c2cccc3c2c2ccccc2n3-c2ccccc2)cc1)C(C)c1ccccc1. The van der Waals surface area contributed by atoms with Crippen LogP contribution in [0.25, 0.3) is 38.6 Å². The molecule has 0 saturated carbocycles. The van der Waals surface area contributed by atoms with Crippen LogP contribution in [0.1, 0.15) is 30.9 Å². The molecule has 1 heterocycles. The molecule has 1 heteroatoms. The molecule has 0 bridgehead atoms. The van der Waals surface area contributed by atoms with E-state index in [1.165, 1.54) is 49.7 Å². The summed E-state index contributed by atoms with van der Waals surface area (Å²) in [7, 11) is 0. The van der Waals surface area contributed by atoms with Crippen molar-refractivity contribution in [3.63, 3.8) is 0 Å². The van der Waals surface area contributed by atoms with Crippen LogP contribution in [0.4, 0.5) is 0 Å². The van der Waals surface area contributed by atoms with E-state index in [1.54, 1.807) is 0 Å². The minimum Gasteiger partial charge on any atom is -0.309 e. The number of para-hydroxylation sites is 2. The second-order valence-electron chi connectivity index (χ2n) is 9.97. The highest BCUT2D eigenvalue weighted by molar-refractivity contribution is 6.15. The van der Waals surface area contributed by atoms with Gasteiger partial charge in [0.15, 0.2) is 0 Å². The van der Waals surface area contributed by atoms with Crippen LogP contribution < -0.4 is 0 Å². The summed E-state index contributed by atoms with van der Waals surface area (Å²) in [6.45, 7) is 4.71. The fourth-order valence-electron chi connectivity index (χ4n) is 5.57. The second kappa shape index (κ2) is 9.51. The van der Waals surface area contributed by atoms with Crippen LogP contribution in [-0.4, -0.2) is 4.57 Å². The van der Waals surface area contributed by atoms with Crippen LogP contribution >= 0.6 is 0 Å². The molecule has 0 spiro atoms. The zero-order chi connectivity index (χ0) is 24.5. The first kappa shape index (κ1) is 22.4. The summed E-state index contributed by atoms with van der Waals surface area (Å²) in [5, 5.41) is 2.61. The smallest absolute Gasteiger partial charge is 0.0547 e. The highest BCUT2D eigenvalue weighted by Crippen LogP contribution is 2.38. The minimum atomic E-state index is 0.531. The molecule has 0 aliphatic rings. The fraction of sp³-hybridized carbons (Fsp3) is 0.143. The van der Waals surface area contributed by atoms with E-state index in [4.69, 9.17) is 0 Å². The van der Waals surface area contributed by atoms with Gasteiger partial charge in [-0.15, -0.1) is 0 Å². The van der Waals surface area contributed by atoms with Crippen LogP contribution in [0, 0.1) is 5.92 Å². The van der Waals surface area contributed by atoms with Gasteiger partial charge in [0.2, 0.25) is 0 Å². The molecule has 0 N–H and O–H groups in total. The summed E-state index contributed by atoms with van der Waals surface area (Å²) >= 11 is 0. The van der Waals surface area contributed by atoms with Crippen molar-refractivity contribution in [3.8, 4) is 16.8 Å². The van der Waals surface area contributed by atoms with E-state index in [9.17, 15) is 0 Å². The number of nitrogens with zero attached hydrogens (tertiary/aromatic N) is 1. The van der Waals surface area contributed by atoms with Crippen molar-refractivity contribution in [3.05, 3.63) is 139 Å². The van der Waals surface area contributed by atoms with E-state index < -0.39 is 0 Å². The molecule has 0 aliphatic heterocycles. The molecule has 6 rings (SSSR count). The molecule has 1 nitrogen and oxygen atoms in total. The van der Waals surface area contributed by atoms with Gasteiger partial charge in [-0.2, -0.15) is 0 Å². The molecule has 1 aromatic heterocycles. The Labute approximate surface area is 213 Å². The first-order chi connectivity index (χ1) is 17.7. The zero-order valence-electron chi connectivity index (χ0n) is 20.9. The third-order valence-electron chi connectivity index (χ3n) is 7.71. The summed E-state index contributed by atoms with van der Waals surface area (Å²) in [6.07, 6.45) is 1.08. The van der Waals surface area contributed by atoms with E-state index in [0.717, 1.165) is 6.42 Å². The number of benzene rings is 5. The molecule has 0 radical (unpaired) electrons. The molecular weight excluding hydrogens is 434 g/mol. The maximum Gasteiger partial charge on any atom is 0.0547 e. The lowest BCUT2D eigenvalue weighted by Gasteiger charge is -2.20. The lowest BCUT2D eigenvalue weighted by molar-refractivity contribution is 0.485. The van der Waals surface area contributed by atoms with Gasteiger partial charge >= 0.3 is 0 Å². The maximum atomic E-state index is 2.38. The molecule has 0 saturated heterocycles. The summed E-state index contributed by atoms with van der Waals surface area (Å²) in [5.74, 6) is 1.11.